The minimum absolute atomic E-state index is 0.0788. The zero-order valence-electron chi connectivity index (χ0n) is 20.3. The van der Waals surface area contributed by atoms with Crippen LogP contribution in [-0.2, 0) is 9.53 Å². The largest absolute Gasteiger partial charge is 0.492 e. The first-order valence-corrected chi connectivity index (χ1v) is 12.2. The van der Waals surface area contributed by atoms with Crippen LogP contribution < -0.4 is 21.8 Å². The molecule has 0 aromatic heterocycles. The molecule has 0 spiro atoms. The Morgan fingerprint density at radius 3 is 2.74 bits per heavy atom. The average molecular weight is 486 g/mol. The molecule has 1 aliphatic heterocycles. The Hall–Kier alpha value is -2.83. The third-order valence-electron chi connectivity index (χ3n) is 5.77. The maximum atomic E-state index is 11.5. The van der Waals surface area contributed by atoms with E-state index in [9.17, 15) is 4.79 Å². The van der Waals surface area contributed by atoms with E-state index in [4.69, 9.17) is 21.5 Å². The Balaban J connectivity index is 0.000000758. The maximum Gasteiger partial charge on any atom is 0.246 e. The van der Waals surface area contributed by atoms with Gasteiger partial charge in [0.15, 0.2) is 0 Å². The molecule has 0 bridgehead atoms. The highest BCUT2D eigenvalue weighted by Crippen LogP contribution is 2.44. The molecule has 1 aromatic rings. The van der Waals surface area contributed by atoms with Crippen molar-refractivity contribution in [2.24, 2.45) is 22.6 Å². The van der Waals surface area contributed by atoms with Gasteiger partial charge in [-0.25, -0.2) is 5.48 Å². The summed E-state index contributed by atoms with van der Waals surface area (Å²) in [5.41, 5.74) is 9.78. The van der Waals surface area contributed by atoms with Gasteiger partial charge >= 0.3 is 0 Å². The van der Waals surface area contributed by atoms with E-state index in [1.165, 1.54) is 17.3 Å². The number of nitrogens with two attached hydrogens (primary N) is 1. The van der Waals surface area contributed by atoms with Crippen molar-refractivity contribution in [3.8, 4) is 0 Å². The molecule has 0 saturated heterocycles. The first kappa shape index (κ1) is 27.4. The van der Waals surface area contributed by atoms with Gasteiger partial charge in [-0.2, -0.15) is 0 Å². The van der Waals surface area contributed by atoms with Crippen LogP contribution in [-0.4, -0.2) is 23.1 Å². The van der Waals surface area contributed by atoms with Gasteiger partial charge in [-0.05, 0) is 62.4 Å². The number of halogens is 1. The molecule has 1 saturated carbocycles. The summed E-state index contributed by atoms with van der Waals surface area (Å²) in [4.78, 5) is 16.1. The van der Waals surface area contributed by atoms with Crippen LogP contribution in [0.5, 0.6) is 0 Å². The van der Waals surface area contributed by atoms with Gasteiger partial charge in [0.1, 0.15) is 12.4 Å². The molecule has 1 aromatic carbocycles. The number of nitrogens with one attached hydrogen (secondary N) is 1. The Morgan fingerprint density at radius 1 is 1.35 bits per heavy atom. The van der Waals surface area contributed by atoms with Crippen molar-refractivity contribution in [2.75, 3.05) is 6.61 Å². The predicted molar refractivity (Wildman–Crippen MR) is 137 cm³/mol. The van der Waals surface area contributed by atoms with E-state index in [2.05, 4.69) is 35.5 Å². The van der Waals surface area contributed by atoms with Crippen molar-refractivity contribution in [1.82, 2.24) is 5.48 Å². The Bertz CT molecular complexity index is 1070. The molecule has 3 unspecified atom stereocenters. The number of benzene rings is 1. The van der Waals surface area contributed by atoms with E-state index < -0.39 is 0 Å². The highest BCUT2D eigenvalue weighted by atomic mass is 35.5. The highest BCUT2D eigenvalue weighted by molar-refractivity contribution is 6.22. The molecule has 2 aliphatic carbocycles. The Morgan fingerprint density at radius 2 is 2.06 bits per heavy atom. The molecule has 184 valence electrons. The lowest BCUT2D eigenvalue weighted by atomic mass is 9.97. The molecule has 3 atom stereocenters. The second-order valence-electron chi connectivity index (χ2n) is 8.15. The van der Waals surface area contributed by atoms with E-state index in [1.807, 2.05) is 45.0 Å². The van der Waals surface area contributed by atoms with Crippen molar-refractivity contribution in [3.63, 3.8) is 0 Å². The van der Waals surface area contributed by atoms with Crippen LogP contribution in [0.15, 0.2) is 77.3 Å². The lowest BCUT2D eigenvalue weighted by Gasteiger charge is -2.21. The summed E-state index contributed by atoms with van der Waals surface area (Å²) in [5.74, 6) is 0.711. The summed E-state index contributed by atoms with van der Waals surface area (Å²) in [6.45, 7) is 9.63. The van der Waals surface area contributed by atoms with Crippen LogP contribution in [0.3, 0.4) is 0 Å². The van der Waals surface area contributed by atoms with Gasteiger partial charge in [-0.1, -0.05) is 56.4 Å². The molecule has 4 rings (SSSR count). The molecule has 1 fully saturated rings. The van der Waals surface area contributed by atoms with Crippen LogP contribution >= 0.6 is 11.6 Å². The highest BCUT2D eigenvalue weighted by Gasteiger charge is 2.43. The van der Waals surface area contributed by atoms with E-state index in [-0.39, 0.29) is 17.2 Å². The zero-order chi connectivity index (χ0) is 25.1. The second kappa shape index (κ2) is 13.8. The lowest BCUT2D eigenvalue weighted by molar-refractivity contribution is -0.130. The van der Waals surface area contributed by atoms with Gasteiger partial charge < -0.3 is 10.5 Å². The molecule has 7 heteroatoms. The molecule has 0 radical (unpaired) electrons. The molecule has 34 heavy (non-hydrogen) atoms. The first-order chi connectivity index (χ1) is 16.5. The molecular weight excluding hydrogens is 450 g/mol. The van der Waals surface area contributed by atoms with Gasteiger partial charge in [0.2, 0.25) is 5.91 Å². The smallest absolute Gasteiger partial charge is 0.246 e. The monoisotopic (exact) mass is 485 g/mol. The van der Waals surface area contributed by atoms with Crippen LogP contribution in [0.2, 0.25) is 0 Å². The summed E-state index contributed by atoms with van der Waals surface area (Å²) in [6.07, 6.45) is 10.6. The number of amides is 1. The third-order valence-corrected chi connectivity index (χ3v) is 6.14. The summed E-state index contributed by atoms with van der Waals surface area (Å²) >= 11 is 6.59. The fraction of sp³-hybridized carbons (Fsp3) is 0.407. The van der Waals surface area contributed by atoms with Crippen molar-refractivity contribution < 1.29 is 14.7 Å². The normalized spacial score (nSPS) is 22.3. The fourth-order valence-electron chi connectivity index (χ4n) is 4.00. The number of hydrogen-bond donors (Lipinski definition) is 3. The molecule has 1 amide bonds. The quantitative estimate of drug-likeness (QED) is 0.319. The van der Waals surface area contributed by atoms with Gasteiger partial charge in [-0.3, -0.25) is 15.0 Å². The van der Waals surface area contributed by atoms with Crippen molar-refractivity contribution >= 4 is 23.1 Å². The number of alkyl halides is 1. The second-order valence-corrected chi connectivity index (χ2v) is 8.68. The molecular formula is C27H36ClN3O3. The minimum Gasteiger partial charge on any atom is -0.492 e. The van der Waals surface area contributed by atoms with Crippen molar-refractivity contribution in [1.29, 1.82) is 0 Å². The van der Waals surface area contributed by atoms with E-state index in [0.717, 1.165) is 47.7 Å². The summed E-state index contributed by atoms with van der Waals surface area (Å²) in [7, 11) is 0. The van der Waals surface area contributed by atoms with E-state index in [0.29, 0.717) is 12.5 Å². The average Bonchev–Trinajstić information content (AvgIpc) is 3.63. The summed E-state index contributed by atoms with van der Waals surface area (Å²) in [5, 5.41) is 10.6. The van der Waals surface area contributed by atoms with Crippen LogP contribution in [0.4, 0.5) is 0 Å². The Kier molecular flexibility index (Phi) is 11.1. The predicted octanol–water partition coefficient (Wildman–Crippen LogP) is 4.25. The van der Waals surface area contributed by atoms with E-state index in [1.54, 1.807) is 5.48 Å². The van der Waals surface area contributed by atoms with Crippen LogP contribution in [0, 0.1) is 11.8 Å². The summed E-state index contributed by atoms with van der Waals surface area (Å²) in [6, 6.07) is 8.14. The molecule has 4 N–H and O–H groups in total. The fourth-order valence-corrected chi connectivity index (χ4v) is 4.33. The topological polar surface area (TPSA) is 96.9 Å². The number of rotatable bonds is 6. The van der Waals surface area contributed by atoms with E-state index >= 15 is 0 Å². The Labute approximate surface area is 207 Å². The van der Waals surface area contributed by atoms with Gasteiger partial charge in [0, 0.05) is 16.8 Å². The number of hydrogen-bond acceptors (Lipinski definition) is 5. The molecule has 3 aliphatic rings. The number of carbonyl (C=O) groups is 1. The SMILES string of the molecule is C=CN.CC.CC1=CCC(COC2=CC=C(CC3CC3C(=O)NO)CC2Cl)=c2ccccc2=N1. The first-order valence-electron chi connectivity index (χ1n) is 11.7. The number of fused-ring (bicyclic) bond motifs is 1. The maximum absolute atomic E-state index is 11.5. The lowest BCUT2D eigenvalue weighted by Crippen LogP contribution is -2.27. The molecule has 1 heterocycles. The number of para-hydroxylation sites is 1. The number of allylic oxidation sites excluding steroid dienone is 6. The number of ether oxygens (including phenoxy) is 1. The van der Waals surface area contributed by atoms with Crippen molar-refractivity contribution in [2.45, 2.75) is 51.8 Å². The molecule has 6 nitrogen and oxygen atoms in total. The number of nitrogens with zero attached hydrogens (tertiary/aromatic N) is 1. The summed E-state index contributed by atoms with van der Waals surface area (Å²) < 4.78 is 6.11. The van der Waals surface area contributed by atoms with Crippen molar-refractivity contribution in [3.05, 3.63) is 82.9 Å². The van der Waals surface area contributed by atoms with Crippen LogP contribution in [0.1, 0.15) is 46.5 Å². The zero-order valence-corrected chi connectivity index (χ0v) is 21.0. The van der Waals surface area contributed by atoms with Gasteiger partial charge in [-0.15, -0.1) is 11.6 Å². The van der Waals surface area contributed by atoms with Gasteiger partial charge in [0.05, 0.1) is 10.7 Å². The minimum atomic E-state index is -0.287. The number of carbonyl (C=O) groups excluding carboxylic acids is 1. The van der Waals surface area contributed by atoms with Gasteiger partial charge in [0.25, 0.3) is 0 Å². The third kappa shape index (κ3) is 7.61. The standard InChI is InChI=1S/C23H25ClN2O3.C2H5N.C2H6/c1-14-6-8-16(18-4-2-3-5-21(18)25-14)13-29-22-9-7-15(11-20(22)24)10-17-12-19(17)23(27)26-28;1-2-3;1-2/h2-7,9,17,19-20,28H,8,10-13H2,1H3,(H,26,27);2H,1,3H2;1-2H3. The number of hydroxylamine groups is 1. The van der Waals surface area contributed by atoms with Crippen LogP contribution in [0.25, 0.3) is 5.57 Å².